The number of hydroxylamine groups is 2. The number of hydrogen-bond donors (Lipinski definition) is 1. The van der Waals surface area contributed by atoms with Gasteiger partial charge in [0.05, 0.1) is 4.92 Å². The summed E-state index contributed by atoms with van der Waals surface area (Å²) in [5, 5.41) is 12.7. The Morgan fingerprint density at radius 1 is 1.14 bits per heavy atom. The maximum atomic E-state index is 12.4. The van der Waals surface area contributed by atoms with Crippen molar-refractivity contribution in [1.82, 2.24) is 10.5 Å². The quantitative estimate of drug-likeness (QED) is 0.309. The van der Waals surface area contributed by atoms with E-state index in [0.29, 0.717) is 10.8 Å². The Balaban J connectivity index is 1.22. The number of carbonyl (C=O) groups excluding carboxylic acids is 4. The molecular formula is C22H19N3O10S. The Hall–Kier alpha value is -4.17. The van der Waals surface area contributed by atoms with Gasteiger partial charge in [0.1, 0.15) is 24.5 Å². The fraction of sp³-hybridized carbons (Fsp3) is 0.273. The van der Waals surface area contributed by atoms with E-state index >= 15 is 0 Å². The standard InChI is InChI=1S/C22H19N3O10S/c26-19-16(23-22(29)32-11-13-6-8-14(9-7-13)24(30)31)12-33-25(19)35-20(27)17-10-18(21(28)34-17)36-15-4-2-1-3-5-15/h1-9,16-18H,10-12H2,(H,23,29)/t16-,17?,18?/m0/s1. The second kappa shape index (κ2) is 11.0. The molecule has 14 heteroatoms. The zero-order valence-electron chi connectivity index (χ0n) is 18.4. The van der Waals surface area contributed by atoms with Gasteiger partial charge >= 0.3 is 23.9 Å². The highest BCUT2D eigenvalue weighted by atomic mass is 32.2. The fourth-order valence-corrected chi connectivity index (χ4v) is 4.29. The molecule has 4 rings (SSSR count). The first-order valence-corrected chi connectivity index (χ1v) is 11.5. The van der Waals surface area contributed by atoms with Gasteiger partial charge in [-0.05, 0) is 35.1 Å². The predicted octanol–water partition coefficient (Wildman–Crippen LogP) is 1.90. The number of non-ortho nitro benzene ring substituents is 1. The molecule has 0 aromatic heterocycles. The number of nitro benzene ring substituents is 1. The number of amides is 2. The van der Waals surface area contributed by atoms with Gasteiger partial charge in [0, 0.05) is 23.4 Å². The molecule has 2 saturated heterocycles. The topological polar surface area (TPSA) is 164 Å². The summed E-state index contributed by atoms with van der Waals surface area (Å²) in [5.41, 5.74) is 0.388. The van der Waals surface area contributed by atoms with Crippen LogP contribution in [0.1, 0.15) is 12.0 Å². The molecule has 1 N–H and O–H groups in total. The first-order chi connectivity index (χ1) is 17.3. The molecule has 0 bridgehead atoms. The maximum Gasteiger partial charge on any atom is 0.408 e. The smallest absolute Gasteiger partial charge is 0.408 e. The van der Waals surface area contributed by atoms with E-state index < -0.39 is 46.3 Å². The molecule has 0 radical (unpaired) electrons. The second-order valence-corrected chi connectivity index (χ2v) is 8.85. The summed E-state index contributed by atoms with van der Waals surface area (Å²) in [6, 6.07) is 13.3. The van der Waals surface area contributed by atoms with Gasteiger partial charge in [-0.1, -0.05) is 18.2 Å². The van der Waals surface area contributed by atoms with Crippen molar-refractivity contribution in [2.45, 2.75) is 35.3 Å². The van der Waals surface area contributed by atoms with E-state index in [0.717, 1.165) is 4.90 Å². The summed E-state index contributed by atoms with van der Waals surface area (Å²) in [7, 11) is 0. The van der Waals surface area contributed by atoms with E-state index in [1.807, 2.05) is 30.3 Å². The first-order valence-electron chi connectivity index (χ1n) is 10.6. The highest BCUT2D eigenvalue weighted by Crippen LogP contribution is 2.32. The molecule has 2 aromatic rings. The average molecular weight is 517 g/mol. The van der Waals surface area contributed by atoms with Crippen LogP contribution >= 0.6 is 11.8 Å². The van der Waals surface area contributed by atoms with Crippen LogP contribution in [-0.2, 0) is 40.1 Å². The van der Waals surface area contributed by atoms with Gasteiger partial charge < -0.3 is 19.6 Å². The number of thioether (sulfide) groups is 1. The van der Waals surface area contributed by atoms with Gasteiger partial charge in [-0.25, -0.2) is 14.4 Å². The molecule has 2 unspecified atom stereocenters. The molecule has 188 valence electrons. The Labute approximate surface area is 207 Å². The molecule has 0 saturated carbocycles. The van der Waals surface area contributed by atoms with Crippen molar-refractivity contribution in [1.29, 1.82) is 0 Å². The number of carbonyl (C=O) groups is 4. The van der Waals surface area contributed by atoms with E-state index in [4.69, 9.17) is 19.1 Å². The van der Waals surface area contributed by atoms with Crippen LogP contribution < -0.4 is 5.32 Å². The number of nitrogens with one attached hydrogen (secondary N) is 1. The highest BCUT2D eigenvalue weighted by Gasteiger charge is 2.44. The molecule has 13 nitrogen and oxygen atoms in total. The fourth-order valence-electron chi connectivity index (χ4n) is 3.23. The molecule has 2 aliphatic heterocycles. The first kappa shape index (κ1) is 24.9. The number of nitrogens with zero attached hydrogens (tertiary/aromatic N) is 2. The predicted molar refractivity (Wildman–Crippen MR) is 120 cm³/mol. The molecule has 36 heavy (non-hydrogen) atoms. The summed E-state index contributed by atoms with van der Waals surface area (Å²) in [6.07, 6.45) is -2.11. The summed E-state index contributed by atoms with van der Waals surface area (Å²) in [6.45, 7) is -0.519. The number of benzene rings is 2. The number of hydrogen-bond acceptors (Lipinski definition) is 11. The Kier molecular flexibility index (Phi) is 7.65. The molecule has 2 aromatic carbocycles. The van der Waals surface area contributed by atoms with Gasteiger partial charge in [0.25, 0.3) is 5.69 Å². The molecule has 0 spiro atoms. The number of nitro groups is 1. The lowest BCUT2D eigenvalue weighted by atomic mass is 10.2. The minimum absolute atomic E-state index is 0.0515. The van der Waals surface area contributed by atoms with Crippen LogP contribution in [0, 0.1) is 10.1 Å². The summed E-state index contributed by atoms with van der Waals surface area (Å²) < 4.78 is 10.1. The van der Waals surface area contributed by atoms with E-state index in [-0.39, 0.29) is 25.3 Å². The van der Waals surface area contributed by atoms with Crippen LogP contribution in [0.5, 0.6) is 0 Å². The summed E-state index contributed by atoms with van der Waals surface area (Å²) in [4.78, 5) is 69.9. The van der Waals surface area contributed by atoms with Crippen molar-refractivity contribution in [3.8, 4) is 0 Å². The summed E-state index contributed by atoms with van der Waals surface area (Å²) >= 11 is 1.25. The van der Waals surface area contributed by atoms with Crippen molar-refractivity contribution >= 4 is 41.4 Å². The van der Waals surface area contributed by atoms with Crippen LogP contribution in [0.2, 0.25) is 0 Å². The zero-order chi connectivity index (χ0) is 25.7. The highest BCUT2D eigenvalue weighted by molar-refractivity contribution is 8.00. The second-order valence-electron chi connectivity index (χ2n) is 7.58. The SMILES string of the molecule is O=C(N[C@H]1CON(OC(=O)C2CC(Sc3ccccc3)C(=O)O2)C1=O)OCc1ccc([N+](=O)[O-])cc1. The van der Waals surface area contributed by atoms with Crippen LogP contribution in [-0.4, -0.2) is 58.1 Å². The molecule has 2 heterocycles. The Morgan fingerprint density at radius 3 is 2.56 bits per heavy atom. The maximum absolute atomic E-state index is 12.4. The zero-order valence-corrected chi connectivity index (χ0v) is 19.3. The van der Waals surface area contributed by atoms with Gasteiger partial charge in [0.2, 0.25) is 6.10 Å². The molecule has 2 amide bonds. The lowest BCUT2D eigenvalue weighted by Gasteiger charge is -2.15. The van der Waals surface area contributed by atoms with Crippen molar-refractivity contribution in [3.05, 3.63) is 70.3 Å². The third-order valence-electron chi connectivity index (χ3n) is 5.05. The van der Waals surface area contributed by atoms with Crippen molar-refractivity contribution in [3.63, 3.8) is 0 Å². The van der Waals surface area contributed by atoms with E-state index in [1.54, 1.807) is 0 Å². The lowest BCUT2D eigenvalue weighted by molar-refractivity contribution is -0.384. The van der Waals surface area contributed by atoms with Gasteiger partial charge in [-0.3, -0.25) is 19.7 Å². The number of rotatable bonds is 8. The third kappa shape index (κ3) is 6.09. The number of ether oxygens (including phenoxy) is 2. The van der Waals surface area contributed by atoms with Crippen LogP contribution in [0.4, 0.5) is 10.5 Å². The molecule has 0 aliphatic carbocycles. The molecular weight excluding hydrogens is 498 g/mol. The van der Waals surface area contributed by atoms with Crippen LogP contribution in [0.3, 0.4) is 0 Å². The monoisotopic (exact) mass is 517 g/mol. The van der Waals surface area contributed by atoms with Crippen molar-refractivity contribution in [2.75, 3.05) is 6.61 Å². The number of esters is 1. The van der Waals surface area contributed by atoms with Crippen molar-refractivity contribution in [2.24, 2.45) is 0 Å². The van der Waals surface area contributed by atoms with E-state index in [1.165, 1.54) is 36.0 Å². The average Bonchev–Trinajstić information content (AvgIpc) is 3.40. The van der Waals surface area contributed by atoms with Gasteiger partial charge in [-0.15, -0.1) is 11.8 Å². The normalized spacial score (nSPS) is 21.1. The van der Waals surface area contributed by atoms with Crippen LogP contribution in [0.25, 0.3) is 0 Å². The third-order valence-corrected chi connectivity index (χ3v) is 6.27. The van der Waals surface area contributed by atoms with Crippen LogP contribution in [0.15, 0.2) is 59.5 Å². The van der Waals surface area contributed by atoms with E-state index in [2.05, 4.69) is 5.32 Å². The summed E-state index contributed by atoms with van der Waals surface area (Å²) in [5.74, 6) is -2.43. The lowest BCUT2D eigenvalue weighted by Crippen LogP contribution is -2.43. The van der Waals surface area contributed by atoms with Gasteiger partial charge in [0.15, 0.2) is 0 Å². The molecule has 2 fully saturated rings. The molecule has 3 atom stereocenters. The van der Waals surface area contributed by atoms with E-state index in [9.17, 15) is 29.3 Å². The largest absolute Gasteiger partial charge is 0.449 e. The Morgan fingerprint density at radius 2 is 1.86 bits per heavy atom. The minimum atomic E-state index is -1.21. The van der Waals surface area contributed by atoms with Gasteiger partial charge in [-0.2, -0.15) is 0 Å². The minimum Gasteiger partial charge on any atom is -0.449 e. The Bertz CT molecular complexity index is 1160. The van der Waals surface area contributed by atoms with Crippen molar-refractivity contribution < 1.29 is 43.3 Å². The number of cyclic esters (lactones) is 1. The number of alkyl carbamates (subject to hydrolysis) is 1. The molecule has 2 aliphatic rings.